The zero-order valence-corrected chi connectivity index (χ0v) is 15.8. The van der Waals surface area contributed by atoms with E-state index in [0.717, 1.165) is 49.2 Å². The Balaban J connectivity index is 2.23. The third-order valence-corrected chi connectivity index (χ3v) is 4.96. The number of nitrogens with zero attached hydrogens (tertiary/aromatic N) is 1. The molecule has 1 aliphatic heterocycles. The summed E-state index contributed by atoms with van der Waals surface area (Å²) in [7, 11) is 0. The monoisotopic (exact) mass is 359 g/mol. The minimum absolute atomic E-state index is 0.145. The molecule has 1 aromatic rings. The molecule has 0 amide bonds. The summed E-state index contributed by atoms with van der Waals surface area (Å²) >= 11 is 6.57. The summed E-state index contributed by atoms with van der Waals surface area (Å²) in [6, 6.07) is 5.49. The lowest BCUT2D eigenvalue weighted by molar-refractivity contribution is 0.337. The summed E-state index contributed by atoms with van der Waals surface area (Å²) in [4.78, 5) is 2.33. The molecule has 0 saturated heterocycles. The van der Waals surface area contributed by atoms with Crippen molar-refractivity contribution in [3.8, 4) is 0 Å². The van der Waals surface area contributed by atoms with Crippen LogP contribution in [0.15, 0.2) is 65.9 Å². The van der Waals surface area contributed by atoms with Gasteiger partial charge in [-0.2, -0.15) is 0 Å². The van der Waals surface area contributed by atoms with Gasteiger partial charge in [-0.25, -0.2) is 4.39 Å². The van der Waals surface area contributed by atoms with Crippen molar-refractivity contribution in [1.82, 2.24) is 4.90 Å². The first kappa shape index (κ1) is 19.5. The molecule has 1 heterocycles. The van der Waals surface area contributed by atoms with Crippen LogP contribution in [-0.2, 0) is 6.54 Å². The summed E-state index contributed by atoms with van der Waals surface area (Å²) in [6.07, 6.45) is 10.4. The molecule has 0 unspecified atom stereocenters. The molecule has 134 valence electrons. The fourth-order valence-corrected chi connectivity index (χ4v) is 3.35. The molecule has 0 fully saturated rings. The fraction of sp³-hybridized carbons (Fsp3) is 0.364. The maximum absolute atomic E-state index is 13.9. The van der Waals surface area contributed by atoms with Gasteiger partial charge in [0.05, 0.1) is 0 Å². The number of aryl methyl sites for hydroxylation is 1. The lowest BCUT2D eigenvalue weighted by Gasteiger charge is -2.26. The van der Waals surface area contributed by atoms with E-state index >= 15 is 0 Å². The van der Waals surface area contributed by atoms with Crippen LogP contribution in [0.5, 0.6) is 0 Å². The molecule has 0 saturated carbocycles. The van der Waals surface area contributed by atoms with Gasteiger partial charge in [0.2, 0.25) is 0 Å². The first-order valence-corrected chi connectivity index (χ1v) is 9.20. The van der Waals surface area contributed by atoms with Gasteiger partial charge in [0.1, 0.15) is 5.82 Å². The average Bonchev–Trinajstić information content (AvgIpc) is 2.72. The number of hydrogen-bond donors (Lipinski definition) is 0. The van der Waals surface area contributed by atoms with Crippen molar-refractivity contribution in [3.63, 3.8) is 0 Å². The van der Waals surface area contributed by atoms with Crippen LogP contribution in [0.1, 0.15) is 43.2 Å². The molecule has 1 aliphatic rings. The van der Waals surface area contributed by atoms with E-state index in [1.54, 1.807) is 13.0 Å². The van der Waals surface area contributed by atoms with E-state index in [-0.39, 0.29) is 5.82 Å². The van der Waals surface area contributed by atoms with Gasteiger partial charge in [0, 0.05) is 30.2 Å². The maximum Gasteiger partial charge on any atom is 0.126 e. The van der Waals surface area contributed by atoms with Gasteiger partial charge in [-0.1, -0.05) is 42.0 Å². The average molecular weight is 360 g/mol. The van der Waals surface area contributed by atoms with Gasteiger partial charge in [0.25, 0.3) is 0 Å². The third-order valence-electron chi connectivity index (χ3n) is 4.56. The third kappa shape index (κ3) is 5.61. The van der Waals surface area contributed by atoms with E-state index < -0.39 is 0 Å². The molecular formula is C22H27ClFN. The Kier molecular flexibility index (Phi) is 7.52. The van der Waals surface area contributed by atoms with E-state index in [1.807, 2.05) is 24.3 Å². The molecule has 0 aliphatic carbocycles. The molecule has 1 nitrogen and oxygen atoms in total. The Morgan fingerprint density at radius 3 is 2.72 bits per heavy atom. The Morgan fingerprint density at radius 2 is 2.04 bits per heavy atom. The summed E-state index contributed by atoms with van der Waals surface area (Å²) in [5.74, 6) is -0.145. The van der Waals surface area contributed by atoms with Crippen LogP contribution in [-0.4, -0.2) is 11.4 Å². The number of halogens is 2. The highest BCUT2D eigenvalue weighted by molar-refractivity contribution is 6.30. The number of rotatable bonds is 7. The van der Waals surface area contributed by atoms with E-state index in [2.05, 4.69) is 24.1 Å². The number of hydrogen-bond acceptors (Lipinski definition) is 1. The van der Waals surface area contributed by atoms with Crippen LogP contribution in [0.2, 0.25) is 0 Å². The second kappa shape index (κ2) is 9.62. The fourth-order valence-electron chi connectivity index (χ4n) is 3.04. The van der Waals surface area contributed by atoms with Crippen LogP contribution in [0.3, 0.4) is 0 Å². The normalized spacial score (nSPS) is 16.9. The minimum Gasteiger partial charge on any atom is -0.370 e. The van der Waals surface area contributed by atoms with Crippen molar-refractivity contribution in [2.75, 3.05) is 6.54 Å². The highest BCUT2D eigenvalue weighted by Crippen LogP contribution is 2.31. The van der Waals surface area contributed by atoms with E-state index in [1.165, 1.54) is 11.3 Å². The van der Waals surface area contributed by atoms with Crippen LogP contribution >= 0.6 is 11.6 Å². The molecule has 3 heteroatoms. The second-order valence-corrected chi connectivity index (χ2v) is 6.95. The zero-order chi connectivity index (χ0) is 18.2. The van der Waals surface area contributed by atoms with Crippen molar-refractivity contribution in [1.29, 1.82) is 0 Å². The molecule has 0 atom stereocenters. The number of unbranched alkanes of at least 4 members (excludes halogenated alkanes) is 1. The lowest BCUT2D eigenvalue weighted by atomic mass is 10.1. The van der Waals surface area contributed by atoms with Crippen molar-refractivity contribution < 1.29 is 4.39 Å². The van der Waals surface area contributed by atoms with Gasteiger partial charge in [0.15, 0.2) is 0 Å². The van der Waals surface area contributed by atoms with Crippen LogP contribution in [0.4, 0.5) is 4.39 Å². The quantitative estimate of drug-likeness (QED) is 0.389. The van der Waals surface area contributed by atoms with Crippen molar-refractivity contribution in [2.24, 2.45) is 0 Å². The largest absolute Gasteiger partial charge is 0.370 e. The predicted octanol–water partition coefficient (Wildman–Crippen LogP) is 6.65. The van der Waals surface area contributed by atoms with Gasteiger partial charge >= 0.3 is 0 Å². The number of benzene rings is 1. The lowest BCUT2D eigenvalue weighted by Crippen LogP contribution is -2.23. The van der Waals surface area contributed by atoms with Gasteiger partial charge in [-0.15, -0.1) is 13.2 Å². The Hall–Kier alpha value is -1.80. The molecule has 25 heavy (non-hydrogen) atoms. The summed E-state index contributed by atoms with van der Waals surface area (Å²) in [5, 5.41) is 0.919. The molecular weight excluding hydrogens is 333 g/mol. The standard InChI is InChI=1S/C22H27ClFN/c1-4-6-7-9-20-15-21(23)19(8-5-2)12-13-25(20)16-18-11-10-17(3)22(24)14-18/h4-5,9-11,14H,1-2,6-8,12-13,15-16H2,3H3/b20-9+. The minimum atomic E-state index is -0.145. The van der Waals surface area contributed by atoms with Crippen LogP contribution in [0.25, 0.3) is 0 Å². The molecule has 0 bridgehead atoms. The first-order chi connectivity index (χ1) is 12.0. The molecule has 2 rings (SSSR count). The summed E-state index contributed by atoms with van der Waals surface area (Å²) < 4.78 is 13.9. The second-order valence-electron chi connectivity index (χ2n) is 6.49. The van der Waals surface area contributed by atoms with E-state index in [0.29, 0.717) is 12.1 Å². The van der Waals surface area contributed by atoms with Gasteiger partial charge < -0.3 is 4.90 Å². The summed E-state index contributed by atoms with van der Waals surface area (Å²) in [6.45, 7) is 11.0. The topological polar surface area (TPSA) is 3.24 Å². The van der Waals surface area contributed by atoms with Crippen LogP contribution in [0, 0.1) is 12.7 Å². The van der Waals surface area contributed by atoms with Gasteiger partial charge in [-0.05, 0) is 55.4 Å². The highest BCUT2D eigenvalue weighted by atomic mass is 35.5. The molecule has 0 radical (unpaired) electrons. The molecule has 0 spiro atoms. The molecule has 0 N–H and O–H groups in total. The SMILES string of the molecule is C=CCC/C=C1\CC(Cl)=C(CC=C)CCN1Cc1ccc(C)c(F)c1. The van der Waals surface area contributed by atoms with Crippen molar-refractivity contribution in [3.05, 3.63) is 82.8 Å². The van der Waals surface area contributed by atoms with E-state index in [9.17, 15) is 4.39 Å². The Labute approximate surface area is 156 Å². The molecule has 0 aromatic heterocycles. The van der Waals surface area contributed by atoms with Crippen LogP contribution < -0.4 is 0 Å². The predicted molar refractivity (Wildman–Crippen MR) is 106 cm³/mol. The Bertz CT molecular complexity index is 687. The summed E-state index contributed by atoms with van der Waals surface area (Å²) in [5.41, 5.74) is 4.14. The Morgan fingerprint density at radius 1 is 1.24 bits per heavy atom. The highest BCUT2D eigenvalue weighted by Gasteiger charge is 2.19. The smallest absolute Gasteiger partial charge is 0.126 e. The number of allylic oxidation sites excluding steroid dienone is 4. The van der Waals surface area contributed by atoms with Crippen molar-refractivity contribution in [2.45, 2.75) is 45.6 Å². The van der Waals surface area contributed by atoms with E-state index in [4.69, 9.17) is 11.6 Å². The maximum atomic E-state index is 13.9. The van der Waals surface area contributed by atoms with Crippen molar-refractivity contribution >= 4 is 11.6 Å². The zero-order valence-electron chi connectivity index (χ0n) is 15.0. The first-order valence-electron chi connectivity index (χ1n) is 8.82. The molecule has 1 aromatic carbocycles. The van der Waals surface area contributed by atoms with Gasteiger partial charge in [-0.3, -0.25) is 0 Å².